The first-order valence-electron chi connectivity index (χ1n) is 7.52. The third-order valence-corrected chi connectivity index (χ3v) is 4.58. The lowest BCUT2D eigenvalue weighted by atomic mass is 9.90. The number of hydrogen-bond acceptors (Lipinski definition) is 0. The zero-order valence-corrected chi connectivity index (χ0v) is 11.3. The molecule has 1 radical (unpaired) electrons. The lowest BCUT2D eigenvalue weighted by Crippen LogP contribution is -2.00. The summed E-state index contributed by atoms with van der Waals surface area (Å²) in [6, 6.07) is 13.7. The molecule has 0 aromatic heterocycles. The van der Waals surface area contributed by atoms with Crippen LogP contribution in [0, 0.1) is 6.42 Å². The van der Waals surface area contributed by atoms with Crippen molar-refractivity contribution in [1.29, 1.82) is 0 Å². The fourth-order valence-electron chi connectivity index (χ4n) is 3.55. The summed E-state index contributed by atoms with van der Waals surface area (Å²) in [6.45, 7) is 0. The summed E-state index contributed by atoms with van der Waals surface area (Å²) in [5.41, 5.74) is 8.89. The van der Waals surface area contributed by atoms with Gasteiger partial charge in [-0.3, -0.25) is 0 Å². The molecular weight excluding hydrogens is 228 g/mol. The minimum absolute atomic E-state index is 1.27. The predicted molar refractivity (Wildman–Crippen MR) is 80.3 cm³/mol. The standard InChI is InChI=1S/C19H19/c1-2-4-8-15-13-19-17(11-14(15)7-3-1)12-16-9-5-6-10-18(16)19/h5-6,9-13H,1-4,7-8H2. The van der Waals surface area contributed by atoms with Gasteiger partial charge in [-0.25, -0.2) is 0 Å². The van der Waals surface area contributed by atoms with Crippen molar-refractivity contribution in [1.82, 2.24) is 0 Å². The summed E-state index contributed by atoms with van der Waals surface area (Å²) >= 11 is 0. The maximum absolute atomic E-state index is 2.47. The largest absolute Gasteiger partial charge is 0.0619 e. The maximum atomic E-state index is 2.47. The van der Waals surface area contributed by atoms with Crippen molar-refractivity contribution in [3.05, 3.63) is 65.1 Å². The van der Waals surface area contributed by atoms with Gasteiger partial charge in [-0.15, -0.1) is 0 Å². The molecule has 0 unspecified atom stereocenters. The Balaban J connectivity index is 1.84. The van der Waals surface area contributed by atoms with Crippen LogP contribution in [-0.2, 0) is 12.8 Å². The van der Waals surface area contributed by atoms with Crippen LogP contribution in [0.2, 0.25) is 0 Å². The lowest BCUT2D eigenvalue weighted by Gasteiger charge is -2.16. The Morgan fingerprint density at radius 3 is 2.21 bits per heavy atom. The summed E-state index contributed by atoms with van der Waals surface area (Å²) in [5, 5.41) is 0. The molecule has 0 aliphatic heterocycles. The SMILES string of the molecule is [CH]1c2ccccc2-c2cc3c(cc21)CCCCCC3. The zero-order chi connectivity index (χ0) is 12.7. The summed E-state index contributed by atoms with van der Waals surface area (Å²) in [4.78, 5) is 0. The quantitative estimate of drug-likeness (QED) is 0.528. The van der Waals surface area contributed by atoms with E-state index < -0.39 is 0 Å². The third-order valence-electron chi connectivity index (χ3n) is 4.58. The Morgan fingerprint density at radius 2 is 1.37 bits per heavy atom. The lowest BCUT2D eigenvalue weighted by molar-refractivity contribution is 0.617. The van der Waals surface area contributed by atoms with Crippen molar-refractivity contribution in [3.63, 3.8) is 0 Å². The van der Waals surface area contributed by atoms with Crippen LogP contribution in [0.5, 0.6) is 0 Å². The van der Waals surface area contributed by atoms with E-state index in [0.717, 1.165) is 0 Å². The van der Waals surface area contributed by atoms with Crippen LogP contribution in [0.4, 0.5) is 0 Å². The van der Waals surface area contributed by atoms with E-state index in [1.165, 1.54) is 60.8 Å². The molecular formula is C19H19. The molecule has 2 aromatic carbocycles. The normalized spacial score (nSPS) is 17.1. The van der Waals surface area contributed by atoms with E-state index in [2.05, 4.69) is 42.8 Å². The molecule has 0 saturated carbocycles. The molecule has 0 N–H and O–H groups in total. The molecule has 0 amide bonds. The van der Waals surface area contributed by atoms with Crippen molar-refractivity contribution >= 4 is 0 Å². The van der Waals surface area contributed by atoms with Gasteiger partial charge in [0.15, 0.2) is 0 Å². The van der Waals surface area contributed by atoms with Gasteiger partial charge in [-0.05, 0) is 59.1 Å². The van der Waals surface area contributed by atoms with E-state index in [4.69, 9.17) is 0 Å². The monoisotopic (exact) mass is 247 g/mol. The highest BCUT2D eigenvalue weighted by atomic mass is 14.2. The molecule has 0 bridgehead atoms. The van der Waals surface area contributed by atoms with Gasteiger partial charge in [-0.1, -0.05) is 49.2 Å². The van der Waals surface area contributed by atoms with Crippen LogP contribution in [0.1, 0.15) is 47.9 Å². The molecule has 0 atom stereocenters. The van der Waals surface area contributed by atoms with Crippen molar-refractivity contribution in [2.75, 3.05) is 0 Å². The topological polar surface area (TPSA) is 0 Å². The van der Waals surface area contributed by atoms with Crippen LogP contribution in [0.3, 0.4) is 0 Å². The molecule has 95 valence electrons. The predicted octanol–water partition coefficient (Wildman–Crippen LogP) is 4.93. The van der Waals surface area contributed by atoms with Crippen molar-refractivity contribution in [3.8, 4) is 11.1 Å². The highest BCUT2D eigenvalue weighted by Gasteiger charge is 2.20. The van der Waals surface area contributed by atoms with E-state index in [9.17, 15) is 0 Å². The number of rotatable bonds is 0. The summed E-state index contributed by atoms with van der Waals surface area (Å²) in [6.07, 6.45) is 10.4. The second-order valence-electron chi connectivity index (χ2n) is 5.85. The van der Waals surface area contributed by atoms with Gasteiger partial charge in [-0.2, -0.15) is 0 Å². The first-order chi connectivity index (χ1) is 9.42. The highest BCUT2D eigenvalue weighted by molar-refractivity contribution is 5.82. The summed E-state index contributed by atoms with van der Waals surface area (Å²) in [7, 11) is 0. The maximum Gasteiger partial charge on any atom is 0.0212 e. The average molecular weight is 247 g/mol. The first kappa shape index (κ1) is 11.3. The second kappa shape index (κ2) is 4.52. The average Bonchev–Trinajstić information content (AvgIpc) is 2.76. The Hall–Kier alpha value is -1.56. The fraction of sp³-hybridized carbons (Fsp3) is 0.316. The van der Waals surface area contributed by atoms with E-state index in [1.807, 2.05) is 0 Å². The smallest absolute Gasteiger partial charge is 0.0212 e. The molecule has 0 nitrogen and oxygen atoms in total. The van der Waals surface area contributed by atoms with Crippen LogP contribution in [-0.4, -0.2) is 0 Å². The molecule has 2 aliphatic carbocycles. The van der Waals surface area contributed by atoms with Crippen molar-refractivity contribution in [2.45, 2.75) is 38.5 Å². The van der Waals surface area contributed by atoms with Crippen LogP contribution in [0.15, 0.2) is 36.4 Å². The Labute approximate surface area is 115 Å². The number of fused-ring (bicyclic) bond motifs is 4. The van der Waals surface area contributed by atoms with Gasteiger partial charge >= 0.3 is 0 Å². The van der Waals surface area contributed by atoms with Gasteiger partial charge < -0.3 is 0 Å². The minimum atomic E-state index is 1.27. The Kier molecular flexibility index (Phi) is 2.69. The molecule has 2 aromatic rings. The first-order valence-corrected chi connectivity index (χ1v) is 7.52. The Morgan fingerprint density at radius 1 is 0.632 bits per heavy atom. The molecule has 0 saturated heterocycles. The van der Waals surface area contributed by atoms with E-state index in [0.29, 0.717) is 0 Å². The number of hydrogen-bond donors (Lipinski definition) is 0. The van der Waals surface area contributed by atoms with Crippen LogP contribution in [0.25, 0.3) is 11.1 Å². The van der Waals surface area contributed by atoms with Gasteiger partial charge in [0.25, 0.3) is 0 Å². The van der Waals surface area contributed by atoms with Gasteiger partial charge in [0.05, 0.1) is 0 Å². The Bertz CT molecular complexity index is 622. The molecule has 0 spiro atoms. The second-order valence-corrected chi connectivity index (χ2v) is 5.85. The minimum Gasteiger partial charge on any atom is -0.0619 e. The zero-order valence-electron chi connectivity index (χ0n) is 11.3. The van der Waals surface area contributed by atoms with Crippen LogP contribution >= 0.6 is 0 Å². The molecule has 4 rings (SSSR count). The third kappa shape index (κ3) is 1.90. The number of benzene rings is 2. The van der Waals surface area contributed by atoms with Crippen LogP contribution < -0.4 is 0 Å². The number of aryl methyl sites for hydroxylation is 2. The summed E-state index contributed by atoms with van der Waals surface area (Å²) < 4.78 is 0. The van der Waals surface area contributed by atoms with E-state index in [1.54, 1.807) is 11.1 Å². The molecule has 0 fully saturated rings. The van der Waals surface area contributed by atoms with E-state index >= 15 is 0 Å². The molecule has 0 heteroatoms. The fourth-order valence-corrected chi connectivity index (χ4v) is 3.55. The molecule has 2 aliphatic rings. The van der Waals surface area contributed by atoms with Gasteiger partial charge in [0.1, 0.15) is 0 Å². The summed E-state index contributed by atoms with van der Waals surface area (Å²) in [5.74, 6) is 0. The van der Waals surface area contributed by atoms with Crippen molar-refractivity contribution in [2.24, 2.45) is 0 Å². The van der Waals surface area contributed by atoms with E-state index in [-0.39, 0.29) is 0 Å². The van der Waals surface area contributed by atoms with Gasteiger partial charge in [0.2, 0.25) is 0 Å². The molecule has 0 heterocycles. The van der Waals surface area contributed by atoms with Gasteiger partial charge in [0, 0.05) is 6.42 Å². The highest BCUT2D eigenvalue weighted by Crippen LogP contribution is 2.40. The molecule has 19 heavy (non-hydrogen) atoms. The van der Waals surface area contributed by atoms with Crippen molar-refractivity contribution < 1.29 is 0 Å².